The summed E-state index contributed by atoms with van der Waals surface area (Å²) in [4.78, 5) is 23.2. The van der Waals surface area contributed by atoms with Gasteiger partial charge in [-0.25, -0.2) is 9.97 Å². The topological polar surface area (TPSA) is 85.2 Å². The zero-order chi connectivity index (χ0) is 18.8. The van der Waals surface area contributed by atoms with E-state index in [2.05, 4.69) is 32.2 Å². The molecule has 0 saturated carbocycles. The molecule has 1 saturated heterocycles. The number of nitrogens with zero attached hydrogens (tertiary/aromatic N) is 5. The van der Waals surface area contributed by atoms with E-state index in [1.807, 2.05) is 37.6 Å². The summed E-state index contributed by atoms with van der Waals surface area (Å²) in [5.41, 5.74) is 2.82. The highest BCUT2D eigenvalue weighted by Crippen LogP contribution is 2.23. The fourth-order valence-corrected chi connectivity index (χ4v) is 3.18. The van der Waals surface area contributed by atoms with Crippen molar-refractivity contribution in [3.8, 4) is 11.1 Å². The van der Waals surface area contributed by atoms with E-state index < -0.39 is 0 Å². The van der Waals surface area contributed by atoms with Gasteiger partial charge >= 0.3 is 0 Å². The van der Waals surface area contributed by atoms with E-state index in [0.717, 1.165) is 28.6 Å². The number of anilines is 1. The molecule has 1 N–H and O–H groups in total. The van der Waals surface area contributed by atoms with Crippen LogP contribution in [0.2, 0.25) is 0 Å². The van der Waals surface area contributed by atoms with Crippen LogP contribution in [0.4, 0.5) is 5.95 Å². The van der Waals surface area contributed by atoms with Crippen LogP contribution in [0.15, 0.2) is 36.8 Å². The standard InChI is InChI=1S/C19H22N6O2/c1-13-12-27-6-5-25(13)11-18(26)23-19-20-8-15-4-3-14(7-17(15)22-19)16-9-21-24(2)10-16/h3-4,7-10,13H,5-6,11-12H2,1-2H3,(H,20,22,23,26). The van der Waals surface area contributed by atoms with Gasteiger partial charge in [0, 0.05) is 43.0 Å². The number of aromatic nitrogens is 4. The van der Waals surface area contributed by atoms with Gasteiger partial charge in [-0.05, 0) is 18.6 Å². The Morgan fingerprint density at radius 2 is 2.22 bits per heavy atom. The van der Waals surface area contributed by atoms with Gasteiger partial charge in [-0.2, -0.15) is 5.10 Å². The molecule has 0 bridgehead atoms. The molecule has 1 fully saturated rings. The van der Waals surface area contributed by atoms with Crippen LogP contribution < -0.4 is 5.32 Å². The molecule has 1 aromatic carbocycles. The lowest BCUT2D eigenvalue weighted by Crippen LogP contribution is -2.47. The molecule has 140 valence electrons. The molecule has 3 aromatic rings. The average molecular weight is 366 g/mol. The molecule has 1 aliphatic rings. The Hall–Kier alpha value is -2.84. The largest absolute Gasteiger partial charge is 0.379 e. The van der Waals surface area contributed by atoms with Gasteiger partial charge in [0.05, 0.1) is 31.5 Å². The number of carbonyl (C=O) groups excluding carboxylic acids is 1. The second-order valence-electron chi connectivity index (χ2n) is 6.81. The Morgan fingerprint density at radius 1 is 1.33 bits per heavy atom. The van der Waals surface area contributed by atoms with E-state index in [4.69, 9.17) is 4.74 Å². The first-order valence-corrected chi connectivity index (χ1v) is 8.96. The molecule has 3 heterocycles. The third-order valence-corrected chi connectivity index (χ3v) is 4.72. The highest BCUT2D eigenvalue weighted by Gasteiger charge is 2.21. The molecular weight excluding hydrogens is 344 g/mol. The smallest absolute Gasteiger partial charge is 0.240 e. The Kier molecular flexibility index (Phi) is 4.83. The van der Waals surface area contributed by atoms with E-state index in [9.17, 15) is 4.79 Å². The summed E-state index contributed by atoms with van der Waals surface area (Å²) in [7, 11) is 1.88. The lowest BCUT2D eigenvalue weighted by molar-refractivity contribution is -0.119. The Bertz CT molecular complexity index is 970. The van der Waals surface area contributed by atoms with E-state index in [-0.39, 0.29) is 11.9 Å². The van der Waals surface area contributed by atoms with Crippen LogP contribution in [0, 0.1) is 0 Å². The van der Waals surface area contributed by atoms with E-state index in [0.29, 0.717) is 25.7 Å². The first kappa shape index (κ1) is 17.6. The molecule has 0 aliphatic carbocycles. The molecule has 1 unspecified atom stereocenters. The number of nitrogens with one attached hydrogen (secondary N) is 1. The number of hydrogen-bond donors (Lipinski definition) is 1. The first-order valence-electron chi connectivity index (χ1n) is 8.96. The highest BCUT2D eigenvalue weighted by molar-refractivity contribution is 5.92. The van der Waals surface area contributed by atoms with Crippen molar-refractivity contribution in [2.24, 2.45) is 7.05 Å². The summed E-state index contributed by atoms with van der Waals surface area (Å²) >= 11 is 0. The predicted octanol–water partition coefficient (Wildman–Crippen LogP) is 1.69. The Morgan fingerprint density at radius 3 is 3.00 bits per heavy atom. The van der Waals surface area contributed by atoms with Crippen molar-refractivity contribution in [1.29, 1.82) is 0 Å². The van der Waals surface area contributed by atoms with Crippen LogP contribution in [0.1, 0.15) is 6.92 Å². The summed E-state index contributed by atoms with van der Waals surface area (Å²) in [5.74, 6) is 0.197. The van der Waals surface area contributed by atoms with Crippen LogP contribution >= 0.6 is 0 Å². The minimum atomic E-state index is -0.119. The van der Waals surface area contributed by atoms with E-state index >= 15 is 0 Å². The van der Waals surface area contributed by atoms with Crippen molar-refractivity contribution in [2.75, 3.05) is 31.6 Å². The van der Waals surface area contributed by atoms with Gasteiger partial charge in [0.2, 0.25) is 11.9 Å². The van der Waals surface area contributed by atoms with Crippen LogP contribution in [0.25, 0.3) is 22.0 Å². The molecule has 2 aromatic heterocycles. The zero-order valence-corrected chi connectivity index (χ0v) is 15.4. The lowest BCUT2D eigenvalue weighted by Gasteiger charge is -2.32. The van der Waals surface area contributed by atoms with Gasteiger partial charge in [0.25, 0.3) is 0 Å². The normalized spacial score (nSPS) is 17.9. The molecule has 1 atom stereocenters. The minimum Gasteiger partial charge on any atom is -0.379 e. The van der Waals surface area contributed by atoms with E-state index in [1.54, 1.807) is 10.9 Å². The van der Waals surface area contributed by atoms with Crippen LogP contribution in [0.3, 0.4) is 0 Å². The first-order chi connectivity index (χ1) is 13.1. The molecule has 27 heavy (non-hydrogen) atoms. The second-order valence-corrected chi connectivity index (χ2v) is 6.81. The van der Waals surface area contributed by atoms with Crippen molar-refractivity contribution in [3.05, 3.63) is 36.8 Å². The van der Waals surface area contributed by atoms with Gasteiger partial charge in [0.15, 0.2) is 0 Å². The molecule has 1 aliphatic heterocycles. The number of aryl methyl sites for hydroxylation is 1. The molecule has 8 heteroatoms. The van der Waals surface area contributed by atoms with Crippen molar-refractivity contribution in [2.45, 2.75) is 13.0 Å². The fourth-order valence-electron chi connectivity index (χ4n) is 3.18. The summed E-state index contributed by atoms with van der Waals surface area (Å²) in [6.07, 6.45) is 5.49. The molecule has 8 nitrogen and oxygen atoms in total. The number of morpholine rings is 1. The second kappa shape index (κ2) is 7.42. The Balaban J connectivity index is 1.51. The van der Waals surface area contributed by atoms with Gasteiger partial charge in [0.1, 0.15) is 0 Å². The van der Waals surface area contributed by atoms with Crippen molar-refractivity contribution >= 4 is 22.8 Å². The minimum absolute atomic E-state index is 0.119. The van der Waals surface area contributed by atoms with Gasteiger partial charge < -0.3 is 4.74 Å². The lowest BCUT2D eigenvalue weighted by atomic mass is 10.1. The SMILES string of the molecule is CC1COCCN1CC(=O)Nc1ncc2ccc(-c3cnn(C)c3)cc2n1. The summed E-state index contributed by atoms with van der Waals surface area (Å²) < 4.78 is 7.17. The molecule has 1 amide bonds. The molecule has 0 radical (unpaired) electrons. The quantitative estimate of drug-likeness (QED) is 0.756. The highest BCUT2D eigenvalue weighted by atomic mass is 16.5. The maximum Gasteiger partial charge on any atom is 0.240 e. The van der Waals surface area contributed by atoms with Crippen LogP contribution in [0.5, 0.6) is 0 Å². The number of rotatable bonds is 4. The zero-order valence-electron chi connectivity index (χ0n) is 15.4. The number of hydrogen-bond acceptors (Lipinski definition) is 6. The number of benzene rings is 1. The average Bonchev–Trinajstić information content (AvgIpc) is 3.09. The van der Waals surface area contributed by atoms with Crippen LogP contribution in [-0.2, 0) is 16.6 Å². The molecular formula is C19H22N6O2. The third-order valence-electron chi connectivity index (χ3n) is 4.72. The van der Waals surface area contributed by atoms with Crippen molar-refractivity contribution in [1.82, 2.24) is 24.6 Å². The Labute approximate surface area is 157 Å². The maximum atomic E-state index is 12.4. The number of carbonyl (C=O) groups is 1. The van der Waals surface area contributed by atoms with E-state index in [1.165, 1.54) is 0 Å². The van der Waals surface area contributed by atoms with Gasteiger partial charge in [-0.15, -0.1) is 0 Å². The van der Waals surface area contributed by atoms with Crippen molar-refractivity contribution in [3.63, 3.8) is 0 Å². The van der Waals surface area contributed by atoms with Crippen LogP contribution in [-0.4, -0.2) is 62.9 Å². The number of ether oxygens (including phenoxy) is 1. The van der Waals surface area contributed by atoms with Gasteiger partial charge in [-0.3, -0.25) is 19.7 Å². The number of amides is 1. The number of fused-ring (bicyclic) bond motifs is 1. The summed E-state index contributed by atoms with van der Waals surface area (Å²) in [5, 5.41) is 7.93. The predicted molar refractivity (Wildman–Crippen MR) is 102 cm³/mol. The monoisotopic (exact) mass is 366 g/mol. The van der Waals surface area contributed by atoms with Crippen molar-refractivity contribution < 1.29 is 9.53 Å². The third kappa shape index (κ3) is 3.96. The molecule has 4 rings (SSSR count). The fraction of sp³-hybridized carbons (Fsp3) is 0.368. The summed E-state index contributed by atoms with van der Waals surface area (Å²) in [6, 6.07) is 6.19. The van der Waals surface area contributed by atoms with Gasteiger partial charge in [-0.1, -0.05) is 12.1 Å². The summed E-state index contributed by atoms with van der Waals surface area (Å²) in [6.45, 7) is 4.42. The molecule has 0 spiro atoms. The maximum absolute atomic E-state index is 12.4.